The second kappa shape index (κ2) is 11.2. The van der Waals surface area contributed by atoms with Crippen molar-refractivity contribution in [2.24, 2.45) is 0 Å². The van der Waals surface area contributed by atoms with Crippen molar-refractivity contribution < 1.29 is 32.9 Å². The van der Waals surface area contributed by atoms with Gasteiger partial charge in [-0.05, 0) is 70.7 Å². The Labute approximate surface area is 224 Å². The number of furan rings is 1. The van der Waals surface area contributed by atoms with Crippen LogP contribution in [-0.4, -0.2) is 41.3 Å². The monoisotopic (exact) mass is 568 g/mol. The summed E-state index contributed by atoms with van der Waals surface area (Å²) in [7, 11) is 7.76. The number of halogens is 1. The quantitative estimate of drug-likeness (QED) is 0.271. The van der Waals surface area contributed by atoms with Crippen molar-refractivity contribution in [2.75, 3.05) is 35.5 Å². The Balaban J connectivity index is 2.02. The SMILES string of the molecule is COC1=C(\Br)c2oc(-c3ccc(OC)cc3)c(C(=O)c3cc(OC)c(OC)c(OC)c3)c2C(C)C\C=C\1. The molecule has 0 aliphatic heterocycles. The molecule has 1 aliphatic rings. The van der Waals surface area contributed by atoms with Gasteiger partial charge in [-0.2, -0.15) is 0 Å². The number of carbonyl (C=O) groups is 1. The number of allylic oxidation sites excluding steroid dienone is 2. The minimum absolute atomic E-state index is 0.0195. The Bertz CT molecular complexity index is 1340. The predicted octanol–water partition coefficient (Wildman–Crippen LogP) is 6.99. The molecule has 1 aliphatic carbocycles. The van der Waals surface area contributed by atoms with Gasteiger partial charge in [0.1, 0.15) is 27.5 Å². The summed E-state index contributed by atoms with van der Waals surface area (Å²) in [6.45, 7) is 2.07. The number of hydrogen-bond donors (Lipinski definition) is 0. The first-order chi connectivity index (χ1) is 17.9. The van der Waals surface area contributed by atoms with E-state index >= 15 is 0 Å². The average Bonchev–Trinajstić information content (AvgIpc) is 3.33. The van der Waals surface area contributed by atoms with Crippen LogP contribution < -0.4 is 18.9 Å². The van der Waals surface area contributed by atoms with Crippen molar-refractivity contribution >= 4 is 26.2 Å². The Hall–Kier alpha value is -3.65. The van der Waals surface area contributed by atoms with Gasteiger partial charge >= 0.3 is 0 Å². The third-order valence-electron chi connectivity index (χ3n) is 6.34. The zero-order chi connectivity index (χ0) is 26.7. The van der Waals surface area contributed by atoms with Gasteiger partial charge in [-0.25, -0.2) is 0 Å². The fourth-order valence-electron chi connectivity index (χ4n) is 4.44. The summed E-state index contributed by atoms with van der Waals surface area (Å²) in [6, 6.07) is 10.7. The lowest BCUT2D eigenvalue weighted by atomic mass is 9.87. The van der Waals surface area contributed by atoms with Crippen LogP contribution in [0.25, 0.3) is 15.8 Å². The van der Waals surface area contributed by atoms with Crippen LogP contribution in [-0.2, 0) is 4.74 Å². The molecule has 1 atom stereocenters. The highest BCUT2D eigenvalue weighted by molar-refractivity contribution is 9.15. The highest BCUT2D eigenvalue weighted by atomic mass is 79.9. The first kappa shape index (κ1) is 26.4. The smallest absolute Gasteiger partial charge is 0.203 e. The fraction of sp³-hybridized carbons (Fsp3) is 0.276. The topological polar surface area (TPSA) is 76.4 Å². The van der Waals surface area contributed by atoms with Crippen molar-refractivity contribution in [2.45, 2.75) is 19.3 Å². The number of benzene rings is 2. The fourth-order valence-corrected chi connectivity index (χ4v) is 5.03. The van der Waals surface area contributed by atoms with E-state index in [0.29, 0.717) is 62.3 Å². The summed E-state index contributed by atoms with van der Waals surface area (Å²) in [6.07, 6.45) is 4.62. The van der Waals surface area contributed by atoms with E-state index in [0.717, 1.165) is 11.1 Å². The molecule has 1 aromatic heterocycles. The largest absolute Gasteiger partial charge is 0.497 e. The Kier molecular flexibility index (Phi) is 7.97. The third-order valence-corrected chi connectivity index (χ3v) is 7.09. The van der Waals surface area contributed by atoms with Gasteiger partial charge in [0.25, 0.3) is 0 Å². The molecule has 3 aromatic rings. The number of carbonyl (C=O) groups excluding carboxylic acids is 1. The molecule has 0 saturated carbocycles. The van der Waals surface area contributed by atoms with E-state index in [1.54, 1.807) is 26.4 Å². The van der Waals surface area contributed by atoms with Gasteiger partial charge in [0, 0.05) is 16.7 Å². The Morgan fingerprint density at radius 2 is 1.54 bits per heavy atom. The third kappa shape index (κ3) is 4.85. The summed E-state index contributed by atoms with van der Waals surface area (Å²) < 4.78 is 34.5. The summed E-state index contributed by atoms with van der Waals surface area (Å²) in [5.74, 6) is 3.25. The highest BCUT2D eigenvalue weighted by Crippen LogP contribution is 2.46. The van der Waals surface area contributed by atoms with Crippen LogP contribution in [0.1, 0.15) is 46.5 Å². The summed E-state index contributed by atoms with van der Waals surface area (Å²) in [4.78, 5) is 14.3. The van der Waals surface area contributed by atoms with Gasteiger partial charge in [0.05, 0.1) is 41.1 Å². The van der Waals surface area contributed by atoms with Crippen molar-refractivity contribution in [3.8, 4) is 34.3 Å². The molecule has 0 spiro atoms. The molecule has 0 saturated heterocycles. The molecule has 0 amide bonds. The molecule has 0 fully saturated rings. The molecule has 1 heterocycles. The van der Waals surface area contributed by atoms with Gasteiger partial charge < -0.3 is 28.1 Å². The van der Waals surface area contributed by atoms with Gasteiger partial charge in [-0.1, -0.05) is 13.0 Å². The molecule has 8 heteroatoms. The molecule has 0 N–H and O–H groups in total. The van der Waals surface area contributed by atoms with E-state index in [1.807, 2.05) is 36.4 Å². The van der Waals surface area contributed by atoms with Crippen molar-refractivity contribution in [3.05, 3.63) is 76.8 Å². The average molecular weight is 569 g/mol. The van der Waals surface area contributed by atoms with Crippen molar-refractivity contribution in [1.82, 2.24) is 0 Å². The lowest BCUT2D eigenvalue weighted by molar-refractivity contribution is 0.103. The summed E-state index contributed by atoms with van der Waals surface area (Å²) in [5, 5.41) is 0. The van der Waals surface area contributed by atoms with Crippen molar-refractivity contribution in [3.63, 3.8) is 0 Å². The Morgan fingerprint density at radius 3 is 2.08 bits per heavy atom. The number of rotatable bonds is 8. The molecule has 37 heavy (non-hydrogen) atoms. The second-order valence-corrected chi connectivity index (χ2v) is 9.24. The summed E-state index contributed by atoms with van der Waals surface area (Å²) >= 11 is 3.66. The second-order valence-electron chi connectivity index (χ2n) is 8.44. The van der Waals surface area contributed by atoms with Crippen LogP contribution in [0.5, 0.6) is 23.0 Å². The van der Waals surface area contributed by atoms with E-state index in [1.165, 1.54) is 21.3 Å². The van der Waals surface area contributed by atoms with E-state index in [2.05, 4.69) is 22.9 Å². The molecule has 194 valence electrons. The molecular weight excluding hydrogens is 540 g/mol. The van der Waals surface area contributed by atoms with Crippen LogP contribution >= 0.6 is 15.9 Å². The van der Waals surface area contributed by atoms with Gasteiger partial charge in [-0.15, -0.1) is 0 Å². The zero-order valence-electron chi connectivity index (χ0n) is 21.6. The van der Waals surface area contributed by atoms with Gasteiger partial charge in [0.15, 0.2) is 17.3 Å². The number of fused-ring (bicyclic) bond motifs is 1. The Morgan fingerprint density at radius 1 is 0.892 bits per heavy atom. The maximum atomic E-state index is 14.3. The first-order valence-electron chi connectivity index (χ1n) is 11.6. The first-order valence-corrected chi connectivity index (χ1v) is 12.4. The van der Waals surface area contributed by atoms with E-state index in [9.17, 15) is 4.79 Å². The van der Waals surface area contributed by atoms with E-state index < -0.39 is 0 Å². The standard InChI is InChI=1S/C29H29BrO7/c1-16-8-7-9-20(33-3)25(30)29-23(16)24(27(37-29)17-10-12-19(32-2)13-11-17)26(31)18-14-21(34-4)28(36-6)22(15-18)35-5/h7,9-16H,8H2,1-6H3/b9-7+,25-20-. The van der Waals surface area contributed by atoms with Gasteiger partial charge in [-0.3, -0.25) is 4.79 Å². The minimum Gasteiger partial charge on any atom is -0.497 e. The van der Waals surface area contributed by atoms with E-state index in [4.69, 9.17) is 28.1 Å². The lowest BCUT2D eigenvalue weighted by Gasteiger charge is -2.17. The maximum Gasteiger partial charge on any atom is 0.203 e. The molecule has 4 rings (SSSR count). The number of ketones is 1. The molecule has 1 unspecified atom stereocenters. The number of hydrogen-bond acceptors (Lipinski definition) is 7. The zero-order valence-corrected chi connectivity index (χ0v) is 23.2. The maximum absolute atomic E-state index is 14.3. The minimum atomic E-state index is -0.231. The van der Waals surface area contributed by atoms with Crippen LogP contribution in [0.15, 0.2) is 58.7 Å². The highest BCUT2D eigenvalue weighted by Gasteiger charge is 2.33. The van der Waals surface area contributed by atoms with Crippen molar-refractivity contribution in [1.29, 1.82) is 0 Å². The number of ether oxygens (including phenoxy) is 5. The molecule has 0 radical (unpaired) electrons. The van der Waals surface area contributed by atoms with Gasteiger partial charge in [0.2, 0.25) is 5.75 Å². The normalized spacial score (nSPS) is 17.8. The molecule has 2 aromatic carbocycles. The van der Waals surface area contributed by atoms with Crippen LogP contribution in [0.2, 0.25) is 0 Å². The number of methoxy groups -OCH3 is 5. The predicted molar refractivity (Wildman–Crippen MR) is 145 cm³/mol. The molecule has 0 bridgehead atoms. The molecule has 7 nitrogen and oxygen atoms in total. The van der Waals surface area contributed by atoms with Crippen LogP contribution in [0, 0.1) is 0 Å². The van der Waals surface area contributed by atoms with Crippen LogP contribution in [0.3, 0.4) is 0 Å². The lowest BCUT2D eigenvalue weighted by Crippen LogP contribution is -2.09. The van der Waals surface area contributed by atoms with E-state index in [-0.39, 0.29) is 11.7 Å². The summed E-state index contributed by atoms with van der Waals surface area (Å²) in [5.41, 5.74) is 2.37. The molecular formula is C29H29BrO7. The van der Waals surface area contributed by atoms with Crippen LogP contribution in [0.4, 0.5) is 0 Å².